The molecular formula is C10H20N2OS. The number of hydrogen-bond donors (Lipinski definition) is 2. The van der Waals surface area contributed by atoms with Crippen LogP contribution in [0.25, 0.3) is 0 Å². The zero-order valence-corrected chi connectivity index (χ0v) is 9.61. The standard InChI is InChI=1S/C10H20N2OS/c1-2-8(11)7-14-9-4-3-5-12-10(13)6-9/h8-9H,2-7,11H2,1H3,(H,12,13). The van der Waals surface area contributed by atoms with E-state index >= 15 is 0 Å². The van der Waals surface area contributed by atoms with Crippen molar-refractivity contribution in [2.75, 3.05) is 12.3 Å². The minimum atomic E-state index is 0.199. The second kappa shape index (κ2) is 6.30. The second-order valence-corrected chi connectivity index (χ2v) is 5.15. The first-order valence-electron chi connectivity index (χ1n) is 5.36. The second-order valence-electron chi connectivity index (χ2n) is 3.82. The predicted molar refractivity (Wildman–Crippen MR) is 61.4 cm³/mol. The number of thioether (sulfide) groups is 1. The maximum atomic E-state index is 11.3. The van der Waals surface area contributed by atoms with Gasteiger partial charge in [0, 0.05) is 30.0 Å². The van der Waals surface area contributed by atoms with E-state index in [0.717, 1.165) is 31.6 Å². The van der Waals surface area contributed by atoms with Gasteiger partial charge in [-0.25, -0.2) is 0 Å². The molecule has 0 radical (unpaired) electrons. The third-order valence-electron chi connectivity index (χ3n) is 2.51. The van der Waals surface area contributed by atoms with Crippen molar-refractivity contribution in [3.63, 3.8) is 0 Å². The molecule has 0 bridgehead atoms. The fraction of sp³-hybridized carbons (Fsp3) is 0.900. The molecule has 2 unspecified atom stereocenters. The Morgan fingerprint density at radius 3 is 3.21 bits per heavy atom. The summed E-state index contributed by atoms with van der Waals surface area (Å²) >= 11 is 1.86. The molecular weight excluding hydrogens is 196 g/mol. The van der Waals surface area contributed by atoms with Gasteiger partial charge in [-0.3, -0.25) is 4.79 Å². The Bertz CT molecular complexity index is 187. The highest BCUT2D eigenvalue weighted by molar-refractivity contribution is 7.99. The van der Waals surface area contributed by atoms with Crippen LogP contribution in [0.2, 0.25) is 0 Å². The number of carbonyl (C=O) groups excluding carboxylic acids is 1. The summed E-state index contributed by atoms with van der Waals surface area (Å²) in [5.41, 5.74) is 5.84. The van der Waals surface area contributed by atoms with Gasteiger partial charge in [0.15, 0.2) is 0 Å². The lowest BCUT2D eigenvalue weighted by molar-refractivity contribution is -0.120. The average Bonchev–Trinajstić information content (AvgIpc) is 2.39. The monoisotopic (exact) mass is 216 g/mol. The molecule has 4 heteroatoms. The molecule has 0 aromatic carbocycles. The first-order valence-corrected chi connectivity index (χ1v) is 6.41. The number of rotatable bonds is 4. The SMILES string of the molecule is CCC(N)CSC1CCCNC(=O)C1. The van der Waals surface area contributed by atoms with Gasteiger partial charge in [-0.2, -0.15) is 11.8 Å². The van der Waals surface area contributed by atoms with E-state index in [1.807, 2.05) is 11.8 Å². The maximum absolute atomic E-state index is 11.3. The van der Waals surface area contributed by atoms with Gasteiger partial charge in [0.25, 0.3) is 0 Å². The van der Waals surface area contributed by atoms with Crippen LogP contribution in [0.5, 0.6) is 0 Å². The van der Waals surface area contributed by atoms with Crippen LogP contribution in [0, 0.1) is 0 Å². The van der Waals surface area contributed by atoms with Gasteiger partial charge in [0.1, 0.15) is 0 Å². The van der Waals surface area contributed by atoms with Crippen LogP contribution < -0.4 is 11.1 Å². The summed E-state index contributed by atoms with van der Waals surface area (Å²) in [6, 6.07) is 0.284. The summed E-state index contributed by atoms with van der Waals surface area (Å²) in [5.74, 6) is 1.18. The predicted octanol–water partition coefficient (Wildman–Crippen LogP) is 1.13. The molecule has 1 fully saturated rings. The van der Waals surface area contributed by atoms with Crippen LogP contribution >= 0.6 is 11.8 Å². The van der Waals surface area contributed by atoms with Gasteiger partial charge >= 0.3 is 0 Å². The summed E-state index contributed by atoms with van der Waals surface area (Å²) in [4.78, 5) is 11.3. The highest BCUT2D eigenvalue weighted by atomic mass is 32.2. The molecule has 1 heterocycles. The Hall–Kier alpha value is -0.220. The summed E-state index contributed by atoms with van der Waals surface area (Å²) < 4.78 is 0. The summed E-state index contributed by atoms with van der Waals surface area (Å²) in [5, 5.41) is 3.37. The molecule has 0 aliphatic carbocycles. The Kier molecular flexibility index (Phi) is 5.33. The molecule has 1 rings (SSSR count). The van der Waals surface area contributed by atoms with Gasteiger partial charge in [0.2, 0.25) is 5.91 Å². The van der Waals surface area contributed by atoms with Crippen molar-refractivity contribution in [3.8, 4) is 0 Å². The van der Waals surface area contributed by atoms with E-state index in [-0.39, 0.29) is 11.9 Å². The maximum Gasteiger partial charge on any atom is 0.221 e. The number of nitrogens with one attached hydrogen (secondary N) is 1. The van der Waals surface area contributed by atoms with Gasteiger partial charge in [-0.1, -0.05) is 6.92 Å². The van der Waals surface area contributed by atoms with Crippen LogP contribution in [0.3, 0.4) is 0 Å². The fourth-order valence-electron chi connectivity index (χ4n) is 1.46. The molecule has 1 aliphatic heterocycles. The topological polar surface area (TPSA) is 55.1 Å². The summed E-state index contributed by atoms with van der Waals surface area (Å²) in [6.45, 7) is 2.95. The van der Waals surface area contributed by atoms with Crippen LogP contribution in [0.15, 0.2) is 0 Å². The van der Waals surface area contributed by atoms with Crippen LogP contribution in [-0.4, -0.2) is 29.5 Å². The van der Waals surface area contributed by atoms with Crippen molar-refractivity contribution < 1.29 is 4.79 Å². The van der Waals surface area contributed by atoms with Crippen molar-refractivity contribution >= 4 is 17.7 Å². The van der Waals surface area contributed by atoms with E-state index in [1.54, 1.807) is 0 Å². The lowest BCUT2D eigenvalue weighted by Gasteiger charge is -2.15. The Morgan fingerprint density at radius 1 is 1.71 bits per heavy atom. The highest BCUT2D eigenvalue weighted by Crippen LogP contribution is 2.22. The lowest BCUT2D eigenvalue weighted by atomic mass is 10.2. The van der Waals surface area contributed by atoms with E-state index in [0.29, 0.717) is 11.7 Å². The van der Waals surface area contributed by atoms with Crippen LogP contribution in [0.1, 0.15) is 32.6 Å². The van der Waals surface area contributed by atoms with E-state index in [2.05, 4.69) is 12.2 Å². The number of carbonyl (C=O) groups is 1. The Morgan fingerprint density at radius 2 is 2.50 bits per heavy atom. The molecule has 0 aromatic rings. The van der Waals surface area contributed by atoms with Crippen molar-refractivity contribution in [3.05, 3.63) is 0 Å². The average molecular weight is 216 g/mol. The van der Waals surface area contributed by atoms with E-state index in [9.17, 15) is 4.79 Å². The summed E-state index contributed by atoms with van der Waals surface area (Å²) in [6.07, 6.45) is 3.93. The molecule has 1 aliphatic rings. The van der Waals surface area contributed by atoms with Crippen LogP contribution in [-0.2, 0) is 4.79 Å². The first-order chi connectivity index (χ1) is 6.72. The third kappa shape index (κ3) is 4.33. The number of amides is 1. The van der Waals surface area contributed by atoms with E-state index in [4.69, 9.17) is 5.73 Å². The third-order valence-corrected chi connectivity index (χ3v) is 4.00. The smallest absolute Gasteiger partial charge is 0.221 e. The zero-order valence-electron chi connectivity index (χ0n) is 8.79. The minimum Gasteiger partial charge on any atom is -0.356 e. The number of hydrogen-bond acceptors (Lipinski definition) is 3. The van der Waals surface area contributed by atoms with Crippen molar-refractivity contribution in [2.45, 2.75) is 43.9 Å². The Labute approximate surface area is 90.2 Å². The lowest BCUT2D eigenvalue weighted by Crippen LogP contribution is -2.25. The van der Waals surface area contributed by atoms with Crippen molar-refractivity contribution in [1.29, 1.82) is 0 Å². The first kappa shape index (κ1) is 11.9. The van der Waals surface area contributed by atoms with Gasteiger partial charge in [-0.05, 0) is 19.3 Å². The molecule has 0 saturated carbocycles. The van der Waals surface area contributed by atoms with E-state index < -0.39 is 0 Å². The van der Waals surface area contributed by atoms with Crippen molar-refractivity contribution in [2.24, 2.45) is 5.73 Å². The van der Waals surface area contributed by atoms with Crippen LogP contribution in [0.4, 0.5) is 0 Å². The molecule has 3 nitrogen and oxygen atoms in total. The molecule has 3 N–H and O–H groups in total. The molecule has 82 valence electrons. The van der Waals surface area contributed by atoms with E-state index in [1.165, 1.54) is 0 Å². The largest absolute Gasteiger partial charge is 0.356 e. The van der Waals surface area contributed by atoms with Crippen molar-refractivity contribution in [1.82, 2.24) is 5.32 Å². The normalized spacial score (nSPS) is 25.3. The minimum absolute atomic E-state index is 0.199. The Balaban J connectivity index is 2.24. The molecule has 0 aromatic heterocycles. The van der Waals surface area contributed by atoms with Gasteiger partial charge < -0.3 is 11.1 Å². The zero-order chi connectivity index (χ0) is 10.4. The quantitative estimate of drug-likeness (QED) is 0.740. The molecule has 1 amide bonds. The molecule has 0 spiro atoms. The molecule has 14 heavy (non-hydrogen) atoms. The van der Waals surface area contributed by atoms with Gasteiger partial charge in [0.05, 0.1) is 0 Å². The molecule has 1 saturated heterocycles. The highest BCUT2D eigenvalue weighted by Gasteiger charge is 2.18. The fourth-order valence-corrected chi connectivity index (χ4v) is 2.82. The summed E-state index contributed by atoms with van der Waals surface area (Å²) in [7, 11) is 0. The number of nitrogens with two attached hydrogens (primary N) is 1. The molecule has 2 atom stereocenters. The van der Waals surface area contributed by atoms with Gasteiger partial charge in [-0.15, -0.1) is 0 Å².